The Morgan fingerprint density at radius 1 is 1.45 bits per heavy atom. The summed E-state index contributed by atoms with van der Waals surface area (Å²) in [6, 6.07) is 0. The zero-order valence-corrected chi connectivity index (χ0v) is 13.0. The van der Waals surface area contributed by atoms with Gasteiger partial charge in [-0.25, -0.2) is 9.97 Å². The fourth-order valence-corrected chi connectivity index (χ4v) is 2.80. The quantitative estimate of drug-likeness (QED) is 0.897. The highest BCUT2D eigenvalue weighted by Crippen LogP contribution is 2.32. The van der Waals surface area contributed by atoms with E-state index >= 15 is 0 Å². The van der Waals surface area contributed by atoms with Crippen LogP contribution < -0.4 is 10.2 Å². The number of hydrogen-bond donors (Lipinski definition) is 1. The SMILES string of the molecule is CCNc1ncnc(N2CCCC(OC)C2)c1C(C)C. The van der Waals surface area contributed by atoms with E-state index in [2.05, 4.69) is 41.0 Å². The van der Waals surface area contributed by atoms with Crippen LogP contribution in [0.25, 0.3) is 0 Å². The smallest absolute Gasteiger partial charge is 0.137 e. The first-order valence-electron chi connectivity index (χ1n) is 7.53. The molecule has 112 valence electrons. The standard InChI is InChI=1S/C15H26N4O/c1-5-16-14-13(11(2)3)15(18-10-17-14)19-8-6-7-12(9-19)20-4/h10-12H,5-9H2,1-4H3,(H,16,17,18). The summed E-state index contributed by atoms with van der Waals surface area (Å²) in [6.07, 6.45) is 4.25. The second-order valence-electron chi connectivity index (χ2n) is 5.59. The highest BCUT2D eigenvalue weighted by Gasteiger charge is 2.25. The Hall–Kier alpha value is -1.36. The second kappa shape index (κ2) is 6.88. The zero-order valence-electron chi connectivity index (χ0n) is 13.0. The first kappa shape index (κ1) is 15.0. The molecule has 1 aromatic rings. The van der Waals surface area contributed by atoms with Crippen molar-refractivity contribution < 1.29 is 4.74 Å². The molecule has 5 heteroatoms. The highest BCUT2D eigenvalue weighted by atomic mass is 16.5. The van der Waals surface area contributed by atoms with E-state index in [0.717, 1.165) is 44.1 Å². The van der Waals surface area contributed by atoms with Crippen LogP contribution in [0.15, 0.2) is 6.33 Å². The van der Waals surface area contributed by atoms with E-state index in [1.165, 1.54) is 5.56 Å². The van der Waals surface area contributed by atoms with Crippen LogP contribution in [0.1, 0.15) is 45.1 Å². The van der Waals surface area contributed by atoms with Crippen LogP contribution >= 0.6 is 0 Å². The Bertz CT molecular complexity index is 436. The fourth-order valence-electron chi connectivity index (χ4n) is 2.80. The van der Waals surface area contributed by atoms with Gasteiger partial charge >= 0.3 is 0 Å². The number of hydrogen-bond acceptors (Lipinski definition) is 5. The maximum atomic E-state index is 5.52. The topological polar surface area (TPSA) is 50.3 Å². The summed E-state index contributed by atoms with van der Waals surface area (Å²) in [6.45, 7) is 9.31. The number of anilines is 2. The Morgan fingerprint density at radius 3 is 2.90 bits per heavy atom. The highest BCUT2D eigenvalue weighted by molar-refractivity contribution is 5.60. The molecule has 1 aromatic heterocycles. The molecule has 1 aliphatic rings. The summed E-state index contributed by atoms with van der Waals surface area (Å²) in [5.41, 5.74) is 1.21. The van der Waals surface area contributed by atoms with Crippen molar-refractivity contribution in [3.8, 4) is 0 Å². The first-order valence-corrected chi connectivity index (χ1v) is 7.53. The van der Waals surface area contributed by atoms with Crippen molar-refractivity contribution >= 4 is 11.6 Å². The van der Waals surface area contributed by atoms with Crippen molar-refractivity contribution in [2.75, 3.05) is 37.0 Å². The van der Waals surface area contributed by atoms with Gasteiger partial charge in [-0.1, -0.05) is 13.8 Å². The van der Waals surface area contributed by atoms with Gasteiger partial charge in [-0.05, 0) is 25.7 Å². The van der Waals surface area contributed by atoms with Gasteiger partial charge in [0.25, 0.3) is 0 Å². The minimum atomic E-state index is 0.307. The van der Waals surface area contributed by atoms with E-state index in [-0.39, 0.29) is 0 Å². The molecule has 0 amide bonds. The van der Waals surface area contributed by atoms with Crippen LogP contribution in [0.2, 0.25) is 0 Å². The number of ether oxygens (including phenoxy) is 1. The summed E-state index contributed by atoms with van der Waals surface area (Å²) in [5, 5.41) is 3.35. The van der Waals surface area contributed by atoms with Gasteiger partial charge in [0.2, 0.25) is 0 Å². The molecule has 1 N–H and O–H groups in total. The van der Waals surface area contributed by atoms with Crippen molar-refractivity contribution in [3.05, 3.63) is 11.9 Å². The molecule has 0 spiro atoms. The number of piperidine rings is 1. The van der Waals surface area contributed by atoms with Gasteiger partial charge in [0.15, 0.2) is 0 Å². The monoisotopic (exact) mass is 278 g/mol. The van der Waals surface area contributed by atoms with Gasteiger partial charge in [0.1, 0.15) is 18.0 Å². The molecule has 2 rings (SSSR count). The van der Waals surface area contributed by atoms with Crippen LogP contribution in [0.3, 0.4) is 0 Å². The summed E-state index contributed by atoms with van der Waals surface area (Å²) in [4.78, 5) is 11.3. The minimum absolute atomic E-state index is 0.307. The molecular formula is C15H26N4O. The molecule has 20 heavy (non-hydrogen) atoms. The van der Waals surface area contributed by atoms with Crippen LogP contribution in [0.5, 0.6) is 0 Å². The van der Waals surface area contributed by atoms with Crippen molar-refractivity contribution in [2.45, 2.75) is 45.6 Å². The molecule has 0 bridgehead atoms. The third-order valence-corrected chi connectivity index (χ3v) is 3.80. The molecule has 1 unspecified atom stereocenters. The summed E-state index contributed by atoms with van der Waals surface area (Å²) in [5.74, 6) is 2.42. The minimum Gasteiger partial charge on any atom is -0.380 e. The van der Waals surface area contributed by atoms with E-state index in [1.54, 1.807) is 13.4 Å². The van der Waals surface area contributed by atoms with E-state index in [4.69, 9.17) is 4.74 Å². The van der Waals surface area contributed by atoms with Crippen molar-refractivity contribution in [1.29, 1.82) is 0 Å². The van der Waals surface area contributed by atoms with Gasteiger partial charge in [0.05, 0.1) is 6.10 Å². The number of nitrogens with zero attached hydrogens (tertiary/aromatic N) is 3. The normalized spacial score (nSPS) is 19.4. The van der Waals surface area contributed by atoms with Crippen LogP contribution in [-0.4, -0.2) is 42.8 Å². The van der Waals surface area contributed by atoms with E-state index < -0.39 is 0 Å². The third kappa shape index (κ3) is 3.20. The molecular weight excluding hydrogens is 252 g/mol. The van der Waals surface area contributed by atoms with E-state index in [9.17, 15) is 0 Å². The van der Waals surface area contributed by atoms with Gasteiger partial charge < -0.3 is 15.0 Å². The largest absolute Gasteiger partial charge is 0.380 e. The number of rotatable bonds is 5. The van der Waals surface area contributed by atoms with Crippen LogP contribution in [0.4, 0.5) is 11.6 Å². The molecule has 0 saturated carbocycles. The van der Waals surface area contributed by atoms with Crippen molar-refractivity contribution in [2.24, 2.45) is 0 Å². The van der Waals surface area contributed by atoms with Gasteiger partial charge in [0, 0.05) is 32.3 Å². The van der Waals surface area contributed by atoms with Crippen molar-refractivity contribution in [1.82, 2.24) is 9.97 Å². The number of methoxy groups -OCH3 is 1. The Kier molecular flexibility index (Phi) is 5.17. The van der Waals surface area contributed by atoms with Gasteiger partial charge in [-0.15, -0.1) is 0 Å². The third-order valence-electron chi connectivity index (χ3n) is 3.80. The van der Waals surface area contributed by atoms with Crippen LogP contribution in [0, 0.1) is 0 Å². The molecule has 1 atom stereocenters. The van der Waals surface area contributed by atoms with E-state index in [0.29, 0.717) is 12.0 Å². The molecule has 1 saturated heterocycles. The Morgan fingerprint density at radius 2 is 2.25 bits per heavy atom. The first-order chi connectivity index (χ1) is 9.67. The maximum absolute atomic E-state index is 5.52. The van der Waals surface area contributed by atoms with Gasteiger partial charge in [-0.2, -0.15) is 0 Å². The Balaban J connectivity index is 2.32. The summed E-state index contributed by atoms with van der Waals surface area (Å²) in [7, 11) is 1.79. The predicted molar refractivity (Wildman–Crippen MR) is 82.5 cm³/mol. The number of nitrogens with one attached hydrogen (secondary N) is 1. The van der Waals surface area contributed by atoms with Crippen LogP contribution in [-0.2, 0) is 4.74 Å². The Labute approximate surface area is 121 Å². The maximum Gasteiger partial charge on any atom is 0.137 e. The van der Waals surface area contributed by atoms with E-state index in [1.807, 2.05) is 0 Å². The molecule has 0 aliphatic carbocycles. The molecule has 0 radical (unpaired) electrons. The number of aromatic nitrogens is 2. The predicted octanol–water partition coefficient (Wildman–Crippen LogP) is 2.65. The lowest BCUT2D eigenvalue weighted by atomic mass is 10.0. The molecule has 1 aliphatic heterocycles. The average Bonchev–Trinajstić information content (AvgIpc) is 2.47. The second-order valence-corrected chi connectivity index (χ2v) is 5.59. The zero-order chi connectivity index (χ0) is 14.5. The van der Waals surface area contributed by atoms with Crippen molar-refractivity contribution in [3.63, 3.8) is 0 Å². The lowest BCUT2D eigenvalue weighted by molar-refractivity contribution is 0.0891. The lowest BCUT2D eigenvalue weighted by Crippen LogP contribution is -2.40. The summed E-state index contributed by atoms with van der Waals surface area (Å²) >= 11 is 0. The molecule has 0 aromatic carbocycles. The fraction of sp³-hybridized carbons (Fsp3) is 0.733. The lowest BCUT2D eigenvalue weighted by Gasteiger charge is -2.34. The van der Waals surface area contributed by atoms with Gasteiger partial charge in [-0.3, -0.25) is 0 Å². The molecule has 1 fully saturated rings. The average molecular weight is 278 g/mol. The summed E-state index contributed by atoms with van der Waals surface area (Å²) < 4.78 is 5.52. The molecule has 2 heterocycles. The molecule has 5 nitrogen and oxygen atoms in total.